The van der Waals surface area contributed by atoms with Gasteiger partial charge in [-0.05, 0) is 37.7 Å². The number of anilines is 1. The largest absolute Gasteiger partial charge is 0.377 e. The summed E-state index contributed by atoms with van der Waals surface area (Å²) in [4.78, 5) is 24.1. The van der Waals surface area contributed by atoms with E-state index in [0.29, 0.717) is 19.0 Å². The van der Waals surface area contributed by atoms with Crippen LogP contribution in [0.25, 0.3) is 16.6 Å². The average molecular weight is 470 g/mol. The number of pyridine rings is 2. The molecule has 5 heterocycles. The van der Waals surface area contributed by atoms with Gasteiger partial charge in [0.15, 0.2) is 0 Å². The first-order valence-electron chi connectivity index (χ1n) is 11.7. The van der Waals surface area contributed by atoms with Gasteiger partial charge in [-0.15, -0.1) is 0 Å². The Bertz CT molecular complexity index is 1380. The highest BCUT2D eigenvalue weighted by Gasteiger charge is 2.57. The number of nitrogens with zero attached hydrogens (tertiary/aromatic N) is 5. The van der Waals surface area contributed by atoms with Gasteiger partial charge in [0, 0.05) is 29.7 Å². The van der Waals surface area contributed by atoms with E-state index in [9.17, 15) is 4.79 Å². The van der Waals surface area contributed by atoms with Crippen molar-refractivity contribution in [2.75, 3.05) is 32.1 Å². The zero-order valence-corrected chi connectivity index (χ0v) is 19.7. The number of ether oxygens (including phenoxy) is 1. The van der Waals surface area contributed by atoms with Gasteiger partial charge in [-0.1, -0.05) is 30.3 Å². The van der Waals surface area contributed by atoms with Crippen molar-refractivity contribution in [3.8, 4) is 5.69 Å². The lowest BCUT2D eigenvalue weighted by Gasteiger charge is -2.48. The van der Waals surface area contributed by atoms with E-state index in [1.54, 1.807) is 18.6 Å². The summed E-state index contributed by atoms with van der Waals surface area (Å²) in [6.45, 7) is 4.03. The molecule has 2 aliphatic heterocycles. The van der Waals surface area contributed by atoms with Crippen molar-refractivity contribution in [1.29, 1.82) is 0 Å². The van der Waals surface area contributed by atoms with E-state index in [1.165, 1.54) is 5.56 Å². The second-order valence-electron chi connectivity index (χ2n) is 9.41. The molecule has 0 unspecified atom stereocenters. The molecular formula is C26H27N7O2. The number of nitrogens with one attached hydrogen (secondary N) is 2. The fraction of sp³-hybridized carbons (Fsp3) is 0.308. The zero-order valence-electron chi connectivity index (χ0n) is 19.7. The topological polar surface area (TPSA) is 97.2 Å². The third-order valence-electron chi connectivity index (χ3n) is 7.21. The summed E-state index contributed by atoms with van der Waals surface area (Å²) in [6.07, 6.45) is 5.26. The van der Waals surface area contributed by atoms with Gasteiger partial charge in [-0.3, -0.25) is 15.2 Å². The van der Waals surface area contributed by atoms with Crippen LogP contribution in [-0.4, -0.2) is 69.1 Å². The molecule has 3 aromatic heterocycles. The van der Waals surface area contributed by atoms with Crippen molar-refractivity contribution in [3.05, 3.63) is 78.4 Å². The van der Waals surface area contributed by atoms with E-state index in [-0.39, 0.29) is 23.5 Å². The molecule has 2 atom stereocenters. The Labute approximate surface area is 203 Å². The molecule has 178 valence electrons. The van der Waals surface area contributed by atoms with E-state index >= 15 is 0 Å². The molecule has 0 aliphatic carbocycles. The predicted molar refractivity (Wildman–Crippen MR) is 133 cm³/mol. The molecule has 2 fully saturated rings. The fourth-order valence-electron chi connectivity index (χ4n) is 5.42. The quantitative estimate of drug-likeness (QED) is 0.477. The lowest BCUT2D eigenvalue weighted by molar-refractivity contribution is -0.123. The van der Waals surface area contributed by atoms with Crippen LogP contribution in [0.2, 0.25) is 0 Å². The van der Waals surface area contributed by atoms with Crippen LogP contribution >= 0.6 is 0 Å². The number of rotatable bonds is 4. The van der Waals surface area contributed by atoms with Crippen LogP contribution in [0, 0.1) is 6.92 Å². The molecule has 0 radical (unpaired) electrons. The molecule has 6 rings (SSSR count). The Balaban J connectivity index is 1.21. The van der Waals surface area contributed by atoms with Gasteiger partial charge in [0.1, 0.15) is 5.82 Å². The van der Waals surface area contributed by atoms with E-state index in [4.69, 9.17) is 4.74 Å². The molecule has 9 heteroatoms. The average Bonchev–Trinajstić information content (AvgIpc) is 3.37. The molecule has 2 N–H and O–H groups in total. The summed E-state index contributed by atoms with van der Waals surface area (Å²) in [5.74, 6) is 0.621. The van der Waals surface area contributed by atoms with Crippen molar-refractivity contribution in [3.63, 3.8) is 0 Å². The minimum absolute atomic E-state index is 0.0484. The Morgan fingerprint density at radius 2 is 1.94 bits per heavy atom. The van der Waals surface area contributed by atoms with E-state index < -0.39 is 0 Å². The van der Waals surface area contributed by atoms with Crippen molar-refractivity contribution < 1.29 is 9.53 Å². The number of carbonyl (C=O) groups is 1. The number of urea groups is 1. The van der Waals surface area contributed by atoms with Crippen molar-refractivity contribution >= 4 is 22.8 Å². The van der Waals surface area contributed by atoms with Gasteiger partial charge in [0.05, 0.1) is 48.4 Å². The standard InChI is InChI=1S/C26H27N7O2/c1-17-10-20(8-9-27-17)33-22-13-28-23(11-19(22)12-29-33)31-25(34)30-21-14-32(2)26(15-35-16-26)24(21)18-6-4-3-5-7-18/h3-13,21,24H,14-16H2,1-2H3,(H2,28,30,31,34)/t21-,24+/m1/s1. The van der Waals surface area contributed by atoms with E-state index in [0.717, 1.165) is 28.8 Å². The summed E-state index contributed by atoms with van der Waals surface area (Å²) in [6, 6.07) is 15.8. The number of benzene rings is 1. The molecule has 1 aromatic carbocycles. The molecule has 2 saturated heterocycles. The predicted octanol–water partition coefficient (Wildman–Crippen LogP) is 3.11. The van der Waals surface area contributed by atoms with Gasteiger partial charge in [-0.25, -0.2) is 14.5 Å². The fourth-order valence-corrected chi connectivity index (χ4v) is 5.42. The number of aryl methyl sites for hydroxylation is 1. The lowest BCUT2D eigenvalue weighted by Crippen LogP contribution is -2.61. The monoisotopic (exact) mass is 469 g/mol. The zero-order chi connectivity index (χ0) is 24.0. The normalized spacial score (nSPS) is 21.2. The van der Waals surface area contributed by atoms with Crippen LogP contribution in [0.1, 0.15) is 17.2 Å². The Kier molecular flexibility index (Phi) is 5.23. The van der Waals surface area contributed by atoms with Crippen molar-refractivity contribution in [2.24, 2.45) is 0 Å². The molecule has 35 heavy (non-hydrogen) atoms. The third-order valence-corrected chi connectivity index (χ3v) is 7.21. The number of amides is 2. The number of likely N-dealkylation sites (tertiary alicyclic amines) is 1. The van der Waals surface area contributed by atoms with E-state index in [2.05, 4.69) is 49.8 Å². The van der Waals surface area contributed by atoms with Crippen LogP contribution in [-0.2, 0) is 4.74 Å². The highest BCUT2D eigenvalue weighted by atomic mass is 16.5. The first-order valence-corrected chi connectivity index (χ1v) is 11.7. The first-order chi connectivity index (χ1) is 17.0. The molecule has 9 nitrogen and oxygen atoms in total. The van der Waals surface area contributed by atoms with Crippen LogP contribution in [0.5, 0.6) is 0 Å². The highest BCUT2D eigenvalue weighted by molar-refractivity contribution is 5.91. The van der Waals surface area contributed by atoms with Crippen molar-refractivity contribution in [2.45, 2.75) is 24.4 Å². The maximum absolute atomic E-state index is 13.0. The number of hydrogen-bond acceptors (Lipinski definition) is 6. The first kappa shape index (κ1) is 21.7. The number of aromatic nitrogens is 4. The summed E-state index contributed by atoms with van der Waals surface area (Å²) >= 11 is 0. The number of fused-ring (bicyclic) bond motifs is 1. The minimum Gasteiger partial charge on any atom is -0.377 e. The highest BCUT2D eigenvalue weighted by Crippen LogP contribution is 2.45. The lowest BCUT2D eigenvalue weighted by atomic mass is 9.76. The second-order valence-corrected chi connectivity index (χ2v) is 9.41. The summed E-state index contributed by atoms with van der Waals surface area (Å²) in [5, 5.41) is 11.5. The maximum atomic E-state index is 13.0. The summed E-state index contributed by atoms with van der Waals surface area (Å²) in [7, 11) is 2.11. The molecular weight excluding hydrogens is 442 g/mol. The SMILES string of the molecule is Cc1cc(-n2ncc3cc(NC(=O)N[C@@H]4CN(C)C5(COC5)[C@H]4c4ccccc4)ncc32)ccn1. The molecule has 2 aliphatic rings. The van der Waals surface area contributed by atoms with Gasteiger partial charge >= 0.3 is 6.03 Å². The summed E-state index contributed by atoms with van der Waals surface area (Å²) < 4.78 is 7.44. The third kappa shape index (κ3) is 3.73. The Hall–Kier alpha value is -3.82. The van der Waals surface area contributed by atoms with Gasteiger partial charge in [0.2, 0.25) is 0 Å². The molecule has 0 saturated carbocycles. The number of hydrogen-bond donors (Lipinski definition) is 2. The minimum atomic E-state index is -0.273. The maximum Gasteiger partial charge on any atom is 0.320 e. The summed E-state index contributed by atoms with van der Waals surface area (Å²) in [5.41, 5.74) is 3.81. The van der Waals surface area contributed by atoms with Gasteiger partial charge in [0.25, 0.3) is 0 Å². The van der Waals surface area contributed by atoms with Crippen LogP contribution in [0.3, 0.4) is 0 Å². The van der Waals surface area contributed by atoms with Crippen molar-refractivity contribution in [1.82, 2.24) is 30.0 Å². The van der Waals surface area contributed by atoms with Crippen LogP contribution in [0.4, 0.5) is 10.6 Å². The van der Waals surface area contributed by atoms with Gasteiger partial charge in [-0.2, -0.15) is 5.10 Å². The Morgan fingerprint density at radius 1 is 1.11 bits per heavy atom. The number of likely N-dealkylation sites (N-methyl/N-ethyl adjacent to an activating group) is 1. The Morgan fingerprint density at radius 3 is 2.69 bits per heavy atom. The van der Waals surface area contributed by atoms with Gasteiger partial charge < -0.3 is 10.1 Å². The second kappa shape index (κ2) is 8.44. The van der Waals surface area contributed by atoms with Crippen LogP contribution < -0.4 is 10.6 Å². The molecule has 2 amide bonds. The number of carbonyl (C=O) groups excluding carboxylic acids is 1. The van der Waals surface area contributed by atoms with E-state index in [1.807, 2.05) is 48.0 Å². The van der Waals surface area contributed by atoms with Crippen LogP contribution in [0.15, 0.2) is 67.1 Å². The molecule has 4 aromatic rings. The molecule has 0 bridgehead atoms. The molecule has 1 spiro atoms. The smallest absolute Gasteiger partial charge is 0.320 e.